The Morgan fingerprint density at radius 2 is 2.27 bits per heavy atom. The van der Waals surface area contributed by atoms with E-state index in [1.165, 1.54) is 0 Å². The molecule has 6 nitrogen and oxygen atoms in total. The monoisotopic (exact) mass is 369 g/mol. The highest BCUT2D eigenvalue weighted by Crippen LogP contribution is 2.11. The van der Waals surface area contributed by atoms with Gasteiger partial charge in [-0.3, -0.25) is 4.79 Å². The van der Waals surface area contributed by atoms with Crippen LogP contribution in [-0.4, -0.2) is 41.9 Å². The van der Waals surface area contributed by atoms with Gasteiger partial charge in [0, 0.05) is 30.2 Å². The highest BCUT2D eigenvalue weighted by atomic mass is 32.1. The van der Waals surface area contributed by atoms with Crippen molar-refractivity contribution in [3.05, 3.63) is 45.9 Å². The van der Waals surface area contributed by atoms with Gasteiger partial charge >= 0.3 is 0 Å². The van der Waals surface area contributed by atoms with Crippen molar-refractivity contribution in [1.82, 2.24) is 15.2 Å². The van der Waals surface area contributed by atoms with E-state index in [-0.39, 0.29) is 12.5 Å². The molecule has 0 saturated heterocycles. The van der Waals surface area contributed by atoms with Crippen molar-refractivity contribution in [2.75, 3.05) is 25.5 Å². The summed E-state index contributed by atoms with van der Waals surface area (Å²) in [4.78, 5) is 23.0. The normalized spacial score (nSPS) is 10.9. The van der Waals surface area contributed by atoms with Crippen molar-refractivity contribution < 1.29 is 4.79 Å². The second-order valence-corrected chi connectivity index (χ2v) is 6.72. The van der Waals surface area contributed by atoms with Crippen molar-refractivity contribution in [3.8, 4) is 12.3 Å². The zero-order valence-electron chi connectivity index (χ0n) is 15.2. The Labute approximate surface area is 158 Å². The fraction of sp³-hybridized carbons (Fsp3) is 0.316. The molecule has 0 spiro atoms. The Balaban J connectivity index is 1.98. The molecule has 2 N–H and O–H groups in total. The average molecular weight is 369 g/mol. The largest absolute Gasteiger partial charge is 0.357 e. The molecule has 2 aromatic rings. The quantitative estimate of drug-likeness (QED) is 0.466. The molecule has 0 fully saturated rings. The molecule has 136 valence electrons. The summed E-state index contributed by atoms with van der Waals surface area (Å²) in [6.07, 6.45) is 5.38. The van der Waals surface area contributed by atoms with Gasteiger partial charge in [0.2, 0.25) is 5.91 Å². The van der Waals surface area contributed by atoms with E-state index < -0.39 is 0 Å². The summed E-state index contributed by atoms with van der Waals surface area (Å²) in [7, 11) is 1.92. The fourth-order valence-corrected chi connectivity index (χ4v) is 2.91. The van der Waals surface area contributed by atoms with Gasteiger partial charge in [0.25, 0.3) is 0 Å². The van der Waals surface area contributed by atoms with E-state index >= 15 is 0 Å². The number of anilines is 1. The highest BCUT2D eigenvalue weighted by Gasteiger charge is 2.10. The molecule has 0 aliphatic heterocycles. The lowest BCUT2D eigenvalue weighted by Gasteiger charge is -2.21. The summed E-state index contributed by atoms with van der Waals surface area (Å²) in [6.45, 7) is 5.32. The van der Waals surface area contributed by atoms with E-state index in [1.807, 2.05) is 43.3 Å². The zero-order chi connectivity index (χ0) is 18.9. The van der Waals surface area contributed by atoms with E-state index in [4.69, 9.17) is 6.42 Å². The smallest absolute Gasteiger partial charge is 0.246 e. The third-order valence-electron chi connectivity index (χ3n) is 3.45. The van der Waals surface area contributed by atoms with Crippen LogP contribution in [0, 0.1) is 19.3 Å². The van der Waals surface area contributed by atoms with E-state index in [9.17, 15) is 4.79 Å². The molecular weight excluding hydrogens is 346 g/mol. The first-order chi connectivity index (χ1) is 12.5. The number of aryl methyl sites for hydroxylation is 1. The molecule has 0 aliphatic carbocycles. The third kappa shape index (κ3) is 5.90. The summed E-state index contributed by atoms with van der Waals surface area (Å²) >= 11 is 1.62. The molecule has 26 heavy (non-hydrogen) atoms. The Morgan fingerprint density at radius 1 is 1.46 bits per heavy atom. The first-order valence-electron chi connectivity index (χ1n) is 8.28. The molecule has 0 radical (unpaired) electrons. The van der Waals surface area contributed by atoms with Crippen LogP contribution in [-0.2, 0) is 11.3 Å². The first kappa shape index (κ1) is 19.5. The van der Waals surface area contributed by atoms with E-state index in [0.29, 0.717) is 24.7 Å². The van der Waals surface area contributed by atoms with Crippen molar-refractivity contribution in [1.29, 1.82) is 0 Å². The molecular formula is C19H23N5OS. The summed E-state index contributed by atoms with van der Waals surface area (Å²) in [5.41, 5.74) is 2.37. The Morgan fingerprint density at radius 3 is 2.92 bits per heavy atom. The lowest BCUT2D eigenvalue weighted by Crippen LogP contribution is -2.39. The lowest BCUT2D eigenvalue weighted by atomic mass is 10.2. The van der Waals surface area contributed by atoms with E-state index in [2.05, 4.69) is 26.5 Å². The summed E-state index contributed by atoms with van der Waals surface area (Å²) in [5.74, 6) is 3.00. The summed E-state index contributed by atoms with van der Waals surface area (Å²) in [5, 5.41) is 9.06. The first-order valence-corrected chi connectivity index (χ1v) is 9.16. The number of carbonyl (C=O) groups excluding carboxylic acids is 1. The van der Waals surface area contributed by atoms with Crippen molar-refractivity contribution in [3.63, 3.8) is 0 Å². The number of rotatable bonds is 6. The van der Waals surface area contributed by atoms with Crippen LogP contribution in [0.1, 0.15) is 23.2 Å². The number of aliphatic imine (C=N–C) groups is 1. The van der Waals surface area contributed by atoms with Crippen LogP contribution in [0.4, 0.5) is 5.69 Å². The van der Waals surface area contributed by atoms with E-state index in [1.54, 1.807) is 23.5 Å². The average Bonchev–Trinajstić information content (AvgIpc) is 3.03. The topological polar surface area (TPSA) is 69.6 Å². The number of terminal acetylenes is 1. The zero-order valence-corrected chi connectivity index (χ0v) is 16.1. The SMILES string of the molecule is C#Cc1cccc(NC(=O)CN=C(NCC)N(C)Cc2csc(C)n2)c1. The van der Waals surface area contributed by atoms with Gasteiger partial charge in [-0.25, -0.2) is 9.98 Å². The number of hydrogen-bond acceptors (Lipinski definition) is 4. The van der Waals surface area contributed by atoms with E-state index in [0.717, 1.165) is 16.3 Å². The van der Waals surface area contributed by atoms with Crippen LogP contribution in [0.2, 0.25) is 0 Å². The van der Waals surface area contributed by atoms with Gasteiger partial charge in [0.15, 0.2) is 5.96 Å². The maximum atomic E-state index is 12.2. The fourth-order valence-electron chi connectivity index (χ4n) is 2.30. The number of guanidine groups is 1. The van der Waals surface area contributed by atoms with Gasteiger partial charge in [-0.1, -0.05) is 12.0 Å². The molecule has 1 aromatic heterocycles. The molecule has 2 rings (SSSR count). The second-order valence-electron chi connectivity index (χ2n) is 5.66. The number of amides is 1. The summed E-state index contributed by atoms with van der Waals surface area (Å²) in [6, 6.07) is 7.17. The Kier molecular flexibility index (Phi) is 7.18. The predicted molar refractivity (Wildman–Crippen MR) is 107 cm³/mol. The number of benzene rings is 1. The number of thiazole rings is 1. The number of carbonyl (C=O) groups is 1. The van der Waals surface area contributed by atoms with Gasteiger partial charge in [0.1, 0.15) is 6.54 Å². The lowest BCUT2D eigenvalue weighted by molar-refractivity contribution is -0.114. The van der Waals surface area contributed by atoms with Gasteiger partial charge in [-0.05, 0) is 32.0 Å². The van der Waals surface area contributed by atoms with Crippen LogP contribution in [0.25, 0.3) is 0 Å². The molecule has 1 aromatic carbocycles. The number of nitrogens with zero attached hydrogens (tertiary/aromatic N) is 3. The maximum Gasteiger partial charge on any atom is 0.246 e. The van der Waals surface area contributed by atoms with Crippen LogP contribution in [0.15, 0.2) is 34.6 Å². The predicted octanol–water partition coefficient (Wildman–Crippen LogP) is 2.47. The Hall–Kier alpha value is -2.85. The molecule has 0 bridgehead atoms. The molecule has 0 aliphatic rings. The maximum absolute atomic E-state index is 12.2. The van der Waals surface area contributed by atoms with Crippen molar-refractivity contribution >= 4 is 28.9 Å². The van der Waals surface area contributed by atoms with Gasteiger partial charge in [0.05, 0.1) is 17.2 Å². The highest BCUT2D eigenvalue weighted by molar-refractivity contribution is 7.09. The second kappa shape index (κ2) is 9.59. The molecule has 1 amide bonds. The molecule has 0 atom stereocenters. The van der Waals surface area contributed by atoms with Gasteiger partial charge in [-0.15, -0.1) is 17.8 Å². The molecule has 7 heteroatoms. The summed E-state index contributed by atoms with van der Waals surface area (Å²) < 4.78 is 0. The molecule has 1 heterocycles. The minimum Gasteiger partial charge on any atom is -0.357 e. The number of aromatic nitrogens is 1. The third-order valence-corrected chi connectivity index (χ3v) is 4.27. The van der Waals surface area contributed by atoms with Crippen molar-refractivity contribution in [2.24, 2.45) is 4.99 Å². The standard InChI is InChI=1S/C19H23N5OS/c1-5-15-8-7-9-16(10-15)23-18(25)11-21-19(20-6-2)24(4)12-17-13-26-14(3)22-17/h1,7-10,13H,6,11-12H2,2-4H3,(H,20,21)(H,23,25). The van der Waals surface area contributed by atoms with Crippen molar-refractivity contribution in [2.45, 2.75) is 20.4 Å². The van der Waals surface area contributed by atoms with Gasteiger partial charge < -0.3 is 15.5 Å². The minimum absolute atomic E-state index is 0.0169. The molecule has 0 unspecified atom stereocenters. The van der Waals surface area contributed by atoms with Crippen LogP contribution in [0.5, 0.6) is 0 Å². The molecule has 0 saturated carbocycles. The number of hydrogen-bond donors (Lipinski definition) is 2. The number of nitrogens with one attached hydrogen (secondary N) is 2. The Bertz CT molecular complexity index is 821. The van der Waals surface area contributed by atoms with Gasteiger partial charge in [-0.2, -0.15) is 0 Å². The van der Waals surface area contributed by atoms with Crippen LogP contribution in [0.3, 0.4) is 0 Å². The van der Waals surface area contributed by atoms with Crippen LogP contribution >= 0.6 is 11.3 Å². The van der Waals surface area contributed by atoms with Crippen LogP contribution < -0.4 is 10.6 Å². The minimum atomic E-state index is -0.201.